The Hall–Kier alpha value is -4.70. The molecule has 0 spiro atoms. The average Bonchev–Trinajstić information content (AvgIpc) is 3.52. The number of carbonyl (C=O) groups excluding carboxylic acids is 5. The highest BCUT2D eigenvalue weighted by Crippen LogP contribution is 2.40. The quantitative estimate of drug-likeness (QED) is 0.177. The molecule has 0 aliphatic carbocycles. The van der Waals surface area contributed by atoms with Crippen LogP contribution < -0.4 is 10.6 Å². The van der Waals surface area contributed by atoms with E-state index in [2.05, 4.69) is 15.6 Å². The van der Waals surface area contributed by atoms with Gasteiger partial charge >= 0.3 is 18.2 Å². The summed E-state index contributed by atoms with van der Waals surface area (Å²) >= 11 is 0. The van der Waals surface area contributed by atoms with Crippen molar-refractivity contribution in [2.45, 2.75) is 129 Å². The van der Waals surface area contributed by atoms with Gasteiger partial charge < -0.3 is 39.0 Å². The van der Waals surface area contributed by atoms with Gasteiger partial charge in [0.15, 0.2) is 17.7 Å². The molecule has 59 heavy (non-hydrogen) atoms. The maximum Gasteiger partial charge on any atom is 0.411 e. The number of esters is 1. The fourth-order valence-corrected chi connectivity index (χ4v) is 8.83. The summed E-state index contributed by atoms with van der Waals surface area (Å²) in [6, 6.07) is 11.9. The number of amides is 2. The minimum atomic E-state index is -1.76. The van der Waals surface area contributed by atoms with Gasteiger partial charge in [-0.25, -0.2) is 9.59 Å². The van der Waals surface area contributed by atoms with Crippen LogP contribution >= 0.6 is 0 Å². The monoisotopic (exact) mass is 820 g/mol. The number of hydrogen-bond donors (Lipinski definition) is 3. The molecular formula is C44H60N4O11. The highest BCUT2D eigenvalue weighted by molar-refractivity contribution is 6.00. The van der Waals surface area contributed by atoms with Crippen molar-refractivity contribution in [2.75, 3.05) is 14.1 Å². The molecule has 3 aliphatic heterocycles. The number of ether oxygens (including phenoxy) is 5. The van der Waals surface area contributed by atoms with Crippen LogP contribution in [0.3, 0.4) is 0 Å². The molecule has 1 unspecified atom stereocenters. The van der Waals surface area contributed by atoms with Gasteiger partial charge in [-0.15, -0.1) is 0 Å². The van der Waals surface area contributed by atoms with Gasteiger partial charge in [-0.1, -0.05) is 58.0 Å². The first-order valence-corrected chi connectivity index (χ1v) is 20.4. The minimum Gasteiger partial charge on any atom is -0.458 e. The SMILES string of the molecule is CC[C@H]1OC(=O)C(C)C(=O)[C@H](C)[C@@H](O[C@@H]2O[C@H](C)C[C@H](N(C)C)[C@H]2O)[C@](C)(OC(=O)N/C=C/c2ccc(-c3ccccn3)cc2)C[C@@H](C)C(=O)[C@H](C)[C@H]2NC(=O)O[C@@]21C. The van der Waals surface area contributed by atoms with Crippen molar-refractivity contribution in [2.24, 2.45) is 23.7 Å². The van der Waals surface area contributed by atoms with Gasteiger partial charge in [0.1, 0.15) is 35.6 Å². The molecule has 0 radical (unpaired) electrons. The molecule has 3 fully saturated rings. The smallest absolute Gasteiger partial charge is 0.411 e. The van der Waals surface area contributed by atoms with Gasteiger partial charge in [0.25, 0.3) is 0 Å². The Morgan fingerprint density at radius 3 is 2.34 bits per heavy atom. The van der Waals surface area contributed by atoms with Crippen LogP contribution in [-0.4, -0.2) is 113 Å². The van der Waals surface area contributed by atoms with Crippen LogP contribution in [0.15, 0.2) is 54.9 Å². The topological polar surface area (TPSA) is 192 Å². The van der Waals surface area contributed by atoms with E-state index in [1.165, 1.54) is 13.1 Å². The molecule has 1 aromatic heterocycles. The third kappa shape index (κ3) is 10.0. The number of likely N-dealkylation sites (N-methyl/N-ethyl adjacent to an activating group) is 1. The molecule has 15 heteroatoms. The number of cyclic esters (lactones) is 1. The summed E-state index contributed by atoms with van der Waals surface area (Å²) in [5, 5.41) is 17.0. The standard InChI is InChI=1S/C44H60N4O11/c1-11-33-44(8)37(47-42(54)59-44)26(4)34(49)24(2)23-43(7,58-41(53)46-21-19-29-15-17-30(18-16-29)31-14-12-13-20-45-31)38(27(5)35(50)28(6)39(52)56-33)57-40-36(51)32(48(9)10)22-25(3)55-40/h12-21,24-28,32-33,36-38,40,51H,11,22-23H2,1-10H3,(H,46,53)(H,47,54)/b21-19+/t24-,25-,26+,27+,28?,32+,33-,36-,37-,38-,40+,43-,44-/m1/s1. The third-order valence-electron chi connectivity index (χ3n) is 12.1. The van der Waals surface area contributed by atoms with Gasteiger partial charge in [0.2, 0.25) is 0 Å². The maximum absolute atomic E-state index is 14.4. The number of nitrogens with one attached hydrogen (secondary N) is 2. The molecule has 1 aromatic carbocycles. The van der Waals surface area contributed by atoms with Gasteiger partial charge in [-0.2, -0.15) is 0 Å². The zero-order chi connectivity index (χ0) is 43.4. The van der Waals surface area contributed by atoms with Crippen LogP contribution in [0, 0.1) is 23.7 Å². The first kappa shape index (κ1) is 45.4. The minimum absolute atomic E-state index is 0.158. The maximum atomic E-state index is 14.4. The number of aliphatic hydroxyl groups is 1. The molecular weight excluding hydrogens is 761 g/mol. The average molecular weight is 821 g/mol. The Labute approximate surface area is 346 Å². The molecule has 3 N–H and O–H groups in total. The van der Waals surface area contributed by atoms with Crippen molar-refractivity contribution < 1.29 is 52.8 Å². The van der Waals surface area contributed by atoms with Crippen molar-refractivity contribution in [3.8, 4) is 11.3 Å². The van der Waals surface area contributed by atoms with E-state index in [0.29, 0.717) is 6.42 Å². The second-order valence-electron chi connectivity index (χ2n) is 16.9. The number of alkyl carbamates (subject to hydrolysis) is 2. The van der Waals surface area contributed by atoms with E-state index >= 15 is 0 Å². The Balaban J connectivity index is 1.52. The summed E-state index contributed by atoms with van der Waals surface area (Å²) in [5.41, 5.74) is -0.695. The summed E-state index contributed by atoms with van der Waals surface area (Å²) < 4.78 is 30.7. The lowest BCUT2D eigenvalue weighted by Crippen LogP contribution is -2.60. The van der Waals surface area contributed by atoms with Gasteiger partial charge in [-0.3, -0.25) is 24.7 Å². The molecule has 3 saturated heterocycles. The van der Waals surface area contributed by atoms with Crippen molar-refractivity contribution in [3.05, 3.63) is 60.4 Å². The van der Waals surface area contributed by atoms with E-state index in [4.69, 9.17) is 23.7 Å². The number of aromatic nitrogens is 1. The van der Waals surface area contributed by atoms with Gasteiger partial charge in [0, 0.05) is 41.8 Å². The number of carbonyl (C=O) groups is 5. The highest BCUT2D eigenvalue weighted by atomic mass is 16.7. The second-order valence-corrected chi connectivity index (χ2v) is 16.9. The number of ketones is 2. The number of nitrogens with zero attached hydrogens (tertiary/aromatic N) is 2. The fraction of sp³-hybridized carbons (Fsp3) is 0.591. The molecule has 3 aliphatic rings. The van der Waals surface area contributed by atoms with Crippen LogP contribution in [0.5, 0.6) is 0 Å². The summed E-state index contributed by atoms with van der Waals surface area (Å²) in [6.07, 6.45) is -1.51. The van der Waals surface area contributed by atoms with Crippen LogP contribution in [0.25, 0.3) is 17.3 Å². The largest absolute Gasteiger partial charge is 0.458 e. The predicted octanol–water partition coefficient (Wildman–Crippen LogP) is 5.29. The number of fused-ring (bicyclic) bond motifs is 1. The zero-order valence-corrected chi connectivity index (χ0v) is 35.7. The van der Waals surface area contributed by atoms with Crippen molar-refractivity contribution in [1.29, 1.82) is 0 Å². The molecule has 13 atom stereocenters. The number of pyridine rings is 1. The molecule has 2 aromatic rings. The van der Waals surface area contributed by atoms with Crippen molar-refractivity contribution in [1.82, 2.24) is 20.5 Å². The number of hydrogen-bond acceptors (Lipinski definition) is 13. The molecule has 15 nitrogen and oxygen atoms in total. The second kappa shape index (κ2) is 18.7. The van der Waals surface area contributed by atoms with E-state index in [1.54, 1.807) is 53.8 Å². The summed E-state index contributed by atoms with van der Waals surface area (Å²) in [4.78, 5) is 75.5. The first-order chi connectivity index (χ1) is 27.8. The van der Waals surface area contributed by atoms with Crippen LogP contribution in [0.2, 0.25) is 0 Å². The van der Waals surface area contributed by atoms with Crippen molar-refractivity contribution in [3.63, 3.8) is 0 Å². The molecule has 0 bridgehead atoms. The lowest BCUT2D eigenvalue weighted by atomic mass is 9.73. The number of benzene rings is 1. The van der Waals surface area contributed by atoms with E-state index in [1.807, 2.05) is 68.4 Å². The Morgan fingerprint density at radius 2 is 1.71 bits per heavy atom. The molecule has 5 rings (SSSR count). The van der Waals surface area contributed by atoms with E-state index < -0.39 is 89.5 Å². The van der Waals surface area contributed by atoms with Crippen molar-refractivity contribution >= 4 is 35.8 Å². The van der Waals surface area contributed by atoms with Crippen LogP contribution in [-0.2, 0) is 38.1 Å². The Morgan fingerprint density at radius 1 is 1.02 bits per heavy atom. The van der Waals surface area contributed by atoms with Crippen LogP contribution in [0.1, 0.15) is 80.2 Å². The fourth-order valence-electron chi connectivity index (χ4n) is 8.83. The summed E-state index contributed by atoms with van der Waals surface area (Å²) in [5.74, 6) is -6.00. The lowest BCUT2D eigenvalue weighted by molar-refractivity contribution is -0.292. The van der Waals surface area contributed by atoms with E-state index in [9.17, 15) is 29.1 Å². The summed E-state index contributed by atoms with van der Waals surface area (Å²) in [6.45, 7) is 13.1. The molecule has 322 valence electrons. The predicted molar refractivity (Wildman–Crippen MR) is 217 cm³/mol. The number of rotatable bonds is 8. The molecule has 2 amide bonds. The number of Topliss-reactive ketones (excluding diaryl/α,β-unsaturated/α-hetero) is 2. The third-order valence-corrected chi connectivity index (χ3v) is 12.1. The zero-order valence-electron chi connectivity index (χ0n) is 35.7. The molecule has 4 heterocycles. The molecule has 0 saturated carbocycles. The number of aliphatic hydroxyl groups excluding tert-OH is 1. The van der Waals surface area contributed by atoms with Gasteiger partial charge in [-0.05, 0) is 84.8 Å². The van der Waals surface area contributed by atoms with Crippen LogP contribution in [0.4, 0.5) is 9.59 Å². The van der Waals surface area contributed by atoms with E-state index in [-0.39, 0.29) is 30.8 Å². The van der Waals surface area contributed by atoms with E-state index in [0.717, 1.165) is 16.8 Å². The highest BCUT2D eigenvalue weighted by Gasteiger charge is 2.57. The Kier molecular flexibility index (Phi) is 14.4. The van der Waals surface area contributed by atoms with Gasteiger partial charge in [0.05, 0.1) is 17.8 Å². The normalized spacial score (nSPS) is 36.0. The summed E-state index contributed by atoms with van der Waals surface area (Å²) in [7, 11) is 3.65. The Bertz CT molecular complexity index is 1860. The lowest BCUT2D eigenvalue weighted by Gasteiger charge is -2.47. The first-order valence-electron chi connectivity index (χ1n) is 20.4.